The zero-order valence-electron chi connectivity index (χ0n) is 12.5. The van der Waals surface area contributed by atoms with E-state index < -0.39 is 0 Å². The van der Waals surface area contributed by atoms with Gasteiger partial charge in [0.25, 0.3) is 0 Å². The van der Waals surface area contributed by atoms with Crippen LogP contribution in [0.4, 0.5) is 11.5 Å². The van der Waals surface area contributed by atoms with Crippen LogP contribution in [0, 0.1) is 11.3 Å². The lowest BCUT2D eigenvalue weighted by Crippen LogP contribution is -2.00. The predicted octanol–water partition coefficient (Wildman–Crippen LogP) is 3.59. The second-order valence-electron chi connectivity index (χ2n) is 5.03. The summed E-state index contributed by atoms with van der Waals surface area (Å²) in [5, 5.41) is 10.1. The third kappa shape index (κ3) is 2.31. The minimum absolute atomic E-state index is 0.0402. The van der Waals surface area contributed by atoms with Crippen molar-refractivity contribution in [1.82, 2.24) is 4.98 Å². The molecule has 0 amide bonds. The van der Waals surface area contributed by atoms with Crippen molar-refractivity contribution in [3.05, 3.63) is 40.8 Å². The number of rotatable bonds is 3. The van der Waals surface area contributed by atoms with Crippen LogP contribution in [-0.4, -0.2) is 10.8 Å². The van der Waals surface area contributed by atoms with Gasteiger partial charge in [0.2, 0.25) is 0 Å². The fourth-order valence-electron chi connectivity index (χ4n) is 2.54. The topological polar surface area (TPSA) is 106 Å². The molecule has 0 saturated heterocycles. The first-order valence-electron chi connectivity index (χ1n) is 7.08. The van der Waals surface area contributed by atoms with Gasteiger partial charge in [-0.2, -0.15) is 5.26 Å². The zero-order valence-corrected chi connectivity index (χ0v) is 13.3. The smallest absolute Gasteiger partial charge is 0.174 e. The first kappa shape index (κ1) is 15.0. The highest BCUT2D eigenvalue weighted by atomic mass is 32.1. The van der Waals surface area contributed by atoms with E-state index in [1.165, 1.54) is 11.3 Å². The lowest BCUT2D eigenvalue weighted by atomic mass is 9.97. The summed E-state index contributed by atoms with van der Waals surface area (Å²) in [5.41, 5.74) is 14.3. The third-order valence-electron chi connectivity index (χ3n) is 3.65. The van der Waals surface area contributed by atoms with E-state index in [1.54, 1.807) is 6.92 Å². The number of hydrogen-bond acceptors (Lipinski definition) is 6. The van der Waals surface area contributed by atoms with E-state index in [0.29, 0.717) is 32.8 Å². The van der Waals surface area contributed by atoms with Crippen molar-refractivity contribution >= 4 is 38.8 Å². The maximum absolute atomic E-state index is 12.1. The van der Waals surface area contributed by atoms with Gasteiger partial charge >= 0.3 is 0 Å². The number of nitriles is 1. The maximum Gasteiger partial charge on any atom is 0.174 e. The quantitative estimate of drug-likeness (QED) is 0.717. The van der Waals surface area contributed by atoms with E-state index in [9.17, 15) is 10.1 Å². The molecule has 23 heavy (non-hydrogen) atoms. The number of fused-ring (bicyclic) bond motifs is 1. The molecule has 6 heteroatoms. The molecule has 0 aliphatic heterocycles. The normalized spacial score (nSPS) is 10.6. The SMILES string of the molecule is CCC(=O)c1sc2nc(N)c(C#N)c(-c3ccccc3)c2c1N. The summed E-state index contributed by atoms with van der Waals surface area (Å²) in [6, 6.07) is 11.5. The Kier molecular flexibility index (Phi) is 3.72. The Bertz CT molecular complexity index is 954. The van der Waals surface area contributed by atoms with E-state index in [0.717, 1.165) is 5.56 Å². The number of nitrogen functional groups attached to an aromatic ring is 2. The molecule has 3 rings (SSSR count). The van der Waals surface area contributed by atoms with E-state index >= 15 is 0 Å². The first-order valence-corrected chi connectivity index (χ1v) is 7.90. The van der Waals surface area contributed by atoms with Crippen molar-refractivity contribution in [3.8, 4) is 17.2 Å². The van der Waals surface area contributed by atoms with Crippen molar-refractivity contribution in [2.24, 2.45) is 0 Å². The van der Waals surface area contributed by atoms with Gasteiger partial charge in [-0.3, -0.25) is 4.79 Å². The van der Waals surface area contributed by atoms with Gasteiger partial charge in [0.05, 0.1) is 10.6 Å². The first-order chi connectivity index (χ1) is 11.1. The number of anilines is 2. The molecule has 2 heterocycles. The minimum atomic E-state index is -0.0402. The number of ketones is 1. The Balaban J connectivity index is 2.47. The number of benzene rings is 1. The summed E-state index contributed by atoms with van der Waals surface area (Å²) < 4.78 is 0. The summed E-state index contributed by atoms with van der Waals surface area (Å²) in [6.45, 7) is 1.78. The number of thiophene rings is 1. The van der Waals surface area contributed by atoms with Gasteiger partial charge < -0.3 is 11.5 Å². The Morgan fingerprint density at radius 3 is 2.61 bits per heavy atom. The van der Waals surface area contributed by atoms with Crippen LogP contribution < -0.4 is 11.5 Å². The lowest BCUT2D eigenvalue weighted by molar-refractivity contribution is 0.0993. The minimum Gasteiger partial charge on any atom is -0.397 e. The number of carbonyl (C=O) groups excluding carboxylic acids is 1. The molecular formula is C17H14N4OS. The molecule has 0 radical (unpaired) electrons. The molecule has 0 spiro atoms. The average Bonchev–Trinajstić information content (AvgIpc) is 2.90. The molecule has 0 unspecified atom stereocenters. The van der Waals surface area contributed by atoms with Crippen molar-refractivity contribution in [2.75, 3.05) is 11.5 Å². The van der Waals surface area contributed by atoms with Crippen molar-refractivity contribution < 1.29 is 4.79 Å². The molecular weight excluding hydrogens is 308 g/mol. The standard InChI is InChI=1S/C17H14N4OS/c1-2-11(22)15-14(19)13-12(9-6-4-3-5-7-9)10(8-18)16(20)21-17(13)23-15/h3-7H,2,19H2,1H3,(H2,20,21). The van der Waals surface area contributed by atoms with E-state index in [2.05, 4.69) is 11.1 Å². The van der Waals surface area contributed by atoms with Crippen LogP contribution in [0.25, 0.3) is 21.3 Å². The second-order valence-corrected chi connectivity index (χ2v) is 6.03. The summed E-state index contributed by atoms with van der Waals surface area (Å²) in [5.74, 6) is 0.109. The molecule has 1 aromatic carbocycles. The summed E-state index contributed by atoms with van der Waals surface area (Å²) in [6.07, 6.45) is 0.359. The fourth-order valence-corrected chi connectivity index (χ4v) is 3.67. The fraction of sp³-hybridized carbons (Fsp3) is 0.118. The highest BCUT2D eigenvalue weighted by molar-refractivity contribution is 7.21. The number of nitrogens with zero attached hydrogens (tertiary/aromatic N) is 2. The van der Waals surface area contributed by atoms with Crippen LogP contribution >= 0.6 is 11.3 Å². The van der Waals surface area contributed by atoms with Crippen molar-refractivity contribution in [2.45, 2.75) is 13.3 Å². The number of nitrogens with two attached hydrogens (primary N) is 2. The highest BCUT2D eigenvalue weighted by Crippen LogP contribution is 2.42. The third-order valence-corrected chi connectivity index (χ3v) is 4.79. The van der Waals surface area contributed by atoms with Crippen LogP contribution in [0.3, 0.4) is 0 Å². The molecule has 114 valence electrons. The highest BCUT2D eigenvalue weighted by Gasteiger charge is 2.23. The number of pyridine rings is 1. The van der Waals surface area contributed by atoms with Crippen LogP contribution in [0.1, 0.15) is 28.6 Å². The van der Waals surface area contributed by atoms with Gasteiger partial charge in [-0.25, -0.2) is 4.98 Å². The van der Waals surface area contributed by atoms with Gasteiger partial charge in [-0.15, -0.1) is 11.3 Å². The molecule has 5 nitrogen and oxygen atoms in total. The molecule has 0 aliphatic rings. The molecule has 4 N–H and O–H groups in total. The molecule has 0 saturated carbocycles. The van der Waals surface area contributed by atoms with Crippen LogP contribution in [0.5, 0.6) is 0 Å². The number of hydrogen-bond donors (Lipinski definition) is 2. The predicted molar refractivity (Wildman–Crippen MR) is 93.2 cm³/mol. The summed E-state index contributed by atoms with van der Waals surface area (Å²) >= 11 is 1.22. The van der Waals surface area contributed by atoms with E-state index in [-0.39, 0.29) is 17.2 Å². The molecule has 0 atom stereocenters. The Morgan fingerprint density at radius 1 is 1.30 bits per heavy atom. The van der Waals surface area contributed by atoms with Crippen molar-refractivity contribution in [3.63, 3.8) is 0 Å². The van der Waals surface area contributed by atoms with Crippen LogP contribution in [-0.2, 0) is 0 Å². The Labute approximate surface area is 137 Å². The number of carbonyl (C=O) groups is 1. The molecule has 0 aliphatic carbocycles. The molecule has 0 bridgehead atoms. The Morgan fingerprint density at radius 2 is 2.00 bits per heavy atom. The van der Waals surface area contributed by atoms with Gasteiger partial charge in [-0.05, 0) is 5.56 Å². The maximum atomic E-state index is 12.1. The molecule has 3 aromatic rings. The van der Waals surface area contributed by atoms with Crippen LogP contribution in [0.15, 0.2) is 30.3 Å². The molecule has 2 aromatic heterocycles. The van der Waals surface area contributed by atoms with Gasteiger partial charge in [0.15, 0.2) is 5.78 Å². The van der Waals surface area contributed by atoms with Gasteiger partial charge in [-0.1, -0.05) is 37.3 Å². The second kappa shape index (κ2) is 5.71. The van der Waals surface area contributed by atoms with E-state index in [4.69, 9.17) is 11.5 Å². The Hall–Kier alpha value is -2.91. The monoisotopic (exact) mass is 322 g/mol. The van der Waals surface area contributed by atoms with Gasteiger partial charge in [0, 0.05) is 17.4 Å². The molecule has 0 fully saturated rings. The van der Waals surface area contributed by atoms with Gasteiger partial charge in [0.1, 0.15) is 22.3 Å². The lowest BCUT2D eigenvalue weighted by Gasteiger charge is -2.09. The number of aromatic nitrogens is 1. The average molecular weight is 322 g/mol. The summed E-state index contributed by atoms with van der Waals surface area (Å²) in [4.78, 5) is 17.4. The van der Waals surface area contributed by atoms with E-state index in [1.807, 2.05) is 30.3 Å². The van der Waals surface area contributed by atoms with Crippen molar-refractivity contribution in [1.29, 1.82) is 5.26 Å². The zero-order chi connectivity index (χ0) is 16.6. The van der Waals surface area contributed by atoms with Crippen LogP contribution in [0.2, 0.25) is 0 Å². The largest absolute Gasteiger partial charge is 0.397 e. The summed E-state index contributed by atoms with van der Waals surface area (Å²) in [7, 11) is 0. The number of Topliss-reactive ketones (excluding diaryl/α,β-unsaturated/α-hetero) is 1.